The van der Waals surface area contributed by atoms with Crippen molar-refractivity contribution in [2.45, 2.75) is 19.5 Å². The van der Waals surface area contributed by atoms with Crippen molar-refractivity contribution in [1.82, 2.24) is 10.3 Å². The van der Waals surface area contributed by atoms with Crippen LogP contribution >= 0.6 is 11.6 Å². The minimum Gasteiger partial charge on any atom is -0.355 e. The van der Waals surface area contributed by atoms with E-state index in [0.717, 1.165) is 18.6 Å². The van der Waals surface area contributed by atoms with E-state index in [1.165, 1.54) is 11.9 Å². The van der Waals surface area contributed by atoms with Gasteiger partial charge in [-0.25, -0.2) is 4.98 Å². The molecule has 0 aliphatic rings. The smallest absolute Gasteiger partial charge is 0.355 e. The number of nitrogens with zero attached hydrogens (tertiary/aromatic N) is 2. The Kier molecular flexibility index (Phi) is 5.62. The quantitative estimate of drug-likeness (QED) is 0.851. The first-order valence-electron chi connectivity index (χ1n) is 5.96. The first-order chi connectivity index (χ1) is 9.24. The molecule has 0 saturated heterocycles. The van der Waals surface area contributed by atoms with Gasteiger partial charge in [-0.05, 0) is 18.6 Å². The number of pyridine rings is 1. The van der Waals surface area contributed by atoms with Crippen LogP contribution in [-0.2, 0) is 11.0 Å². The van der Waals surface area contributed by atoms with E-state index in [2.05, 4.69) is 10.3 Å². The van der Waals surface area contributed by atoms with Crippen LogP contribution in [0.25, 0.3) is 0 Å². The van der Waals surface area contributed by atoms with Gasteiger partial charge in [0.25, 0.3) is 0 Å². The standard InChI is InChI=1S/C12H15ClF3N3O/c1-3-4-17-11(20)7-19(2)10-6-8(12(14,15)16)5-9(13)18-10/h5-6H,3-4,7H2,1-2H3,(H,17,20). The monoisotopic (exact) mass is 309 g/mol. The molecule has 0 saturated carbocycles. The summed E-state index contributed by atoms with van der Waals surface area (Å²) >= 11 is 5.58. The molecule has 0 bridgehead atoms. The zero-order valence-electron chi connectivity index (χ0n) is 11.1. The second-order valence-corrected chi connectivity index (χ2v) is 4.63. The van der Waals surface area contributed by atoms with Gasteiger partial charge in [-0.1, -0.05) is 18.5 Å². The number of nitrogens with one attached hydrogen (secondary N) is 1. The van der Waals surface area contributed by atoms with Crippen molar-refractivity contribution in [2.24, 2.45) is 0 Å². The first-order valence-corrected chi connectivity index (χ1v) is 6.34. The van der Waals surface area contributed by atoms with E-state index in [1.807, 2.05) is 6.92 Å². The Hall–Kier alpha value is -1.50. The SMILES string of the molecule is CCCNC(=O)CN(C)c1cc(C(F)(F)F)cc(Cl)n1. The number of anilines is 1. The highest BCUT2D eigenvalue weighted by molar-refractivity contribution is 6.29. The van der Waals surface area contributed by atoms with Crippen LogP contribution in [0.4, 0.5) is 19.0 Å². The Labute approximate surface area is 119 Å². The summed E-state index contributed by atoms with van der Waals surface area (Å²) in [6, 6.07) is 1.61. The van der Waals surface area contributed by atoms with Crippen LogP contribution in [0.1, 0.15) is 18.9 Å². The van der Waals surface area contributed by atoms with Crippen molar-refractivity contribution in [3.63, 3.8) is 0 Å². The Morgan fingerprint density at radius 2 is 2.10 bits per heavy atom. The van der Waals surface area contributed by atoms with Gasteiger partial charge in [0, 0.05) is 13.6 Å². The largest absolute Gasteiger partial charge is 0.416 e. The van der Waals surface area contributed by atoms with Crippen molar-refractivity contribution in [2.75, 3.05) is 25.0 Å². The van der Waals surface area contributed by atoms with Crippen molar-refractivity contribution < 1.29 is 18.0 Å². The molecule has 8 heteroatoms. The van der Waals surface area contributed by atoms with Gasteiger partial charge in [0.2, 0.25) is 5.91 Å². The Morgan fingerprint density at radius 1 is 1.45 bits per heavy atom. The molecule has 20 heavy (non-hydrogen) atoms. The fourth-order valence-corrected chi connectivity index (χ4v) is 1.66. The lowest BCUT2D eigenvalue weighted by molar-refractivity contribution is -0.137. The fourth-order valence-electron chi connectivity index (χ4n) is 1.46. The molecule has 0 aliphatic heterocycles. The van der Waals surface area contributed by atoms with Gasteiger partial charge in [-0.15, -0.1) is 0 Å². The number of aromatic nitrogens is 1. The minimum atomic E-state index is -4.51. The zero-order chi connectivity index (χ0) is 15.3. The summed E-state index contributed by atoms with van der Waals surface area (Å²) in [4.78, 5) is 16.6. The highest BCUT2D eigenvalue weighted by Crippen LogP contribution is 2.32. The second-order valence-electron chi connectivity index (χ2n) is 4.24. The van der Waals surface area contributed by atoms with Gasteiger partial charge in [-0.3, -0.25) is 4.79 Å². The molecule has 4 nitrogen and oxygen atoms in total. The van der Waals surface area contributed by atoms with Gasteiger partial charge in [-0.2, -0.15) is 13.2 Å². The Bertz CT molecular complexity index is 480. The van der Waals surface area contributed by atoms with Gasteiger partial charge in [0.1, 0.15) is 11.0 Å². The van der Waals surface area contributed by atoms with Crippen LogP contribution in [0.3, 0.4) is 0 Å². The summed E-state index contributed by atoms with van der Waals surface area (Å²) in [6.07, 6.45) is -3.73. The number of carbonyl (C=O) groups excluding carboxylic acids is 1. The van der Waals surface area contributed by atoms with Crippen molar-refractivity contribution in [3.8, 4) is 0 Å². The summed E-state index contributed by atoms with van der Waals surface area (Å²) in [6.45, 7) is 2.33. The molecular weight excluding hydrogens is 295 g/mol. The summed E-state index contributed by atoms with van der Waals surface area (Å²) in [7, 11) is 1.48. The number of hydrogen-bond acceptors (Lipinski definition) is 3. The molecule has 1 rings (SSSR count). The molecule has 0 spiro atoms. The number of amides is 1. The van der Waals surface area contributed by atoms with E-state index < -0.39 is 11.7 Å². The molecule has 0 aliphatic carbocycles. The Balaban J connectivity index is 2.85. The van der Waals surface area contributed by atoms with Crippen molar-refractivity contribution in [3.05, 3.63) is 22.8 Å². The minimum absolute atomic E-state index is 0.00327. The lowest BCUT2D eigenvalue weighted by Crippen LogP contribution is -2.35. The molecule has 112 valence electrons. The average Bonchev–Trinajstić information content (AvgIpc) is 2.34. The molecule has 1 heterocycles. The summed E-state index contributed by atoms with van der Waals surface area (Å²) in [5.41, 5.74) is -0.895. The molecule has 1 aromatic heterocycles. The highest BCUT2D eigenvalue weighted by Gasteiger charge is 2.32. The molecule has 1 aromatic rings. The van der Waals surface area contributed by atoms with Crippen LogP contribution in [0, 0.1) is 0 Å². The van der Waals surface area contributed by atoms with E-state index >= 15 is 0 Å². The first kappa shape index (κ1) is 16.6. The number of carbonyl (C=O) groups is 1. The maximum Gasteiger partial charge on any atom is 0.416 e. The molecule has 0 radical (unpaired) electrons. The average molecular weight is 310 g/mol. The third kappa shape index (κ3) is 4.88. The summed E-state index contributed by atoms with van der Waals surface area (Å²) < 4.78 is 38.0. The second kappa shape index (κ2) is 6.78. The van der Waals surface area contributed by atoms with Crippen molar-refractivity contribution >= 4 is 23.3 Å². The third-order valence-corrected chi connectivity index (χ3v) is 2.65. The van der Waals surface area contributed by atoms with E-state index in [4.69, 9.17) is 11.6 Å². The highest BCUT2D eigenvalue weighted by atomic mass is 35.5. The van der Waals surface area contributed by atoms with Crippen LogP contribution in [0.15, 0.2) is 12.1 Å². The molecule has 0 atom stereocenters. The summed E-state index contributed by atoms with van der Waals surface area (Å²) in [5.74, 6) is -0.291. The number of rotatable bonds is 5. The van der Waals surface area contributed by atoms with Crippen LogP contribution in [0.2, 0.25) is 5.15 Å². The van der Waals surface area contributed by atoms with Gasteiger partial charge in [0.15, 0.2) is 0 Å². The fraction of sp³-hybridized carbons (Fsp3) is 0.500. The van der Waals surface area contributed by atoms with E-state index in [-0.39, 0.29) is 23.4 Å². The van der Waals surface area contributed by atoms with Gasteiger partial charge in [0.05, 0.1) is 12.1 Å². The molecule has 1 N–H and O–H groups in total. The summed E-state index contributed by atoms with van der Waals surface area (Å²) in [5, 5.41) is 2.36. The predicted molar refractivity (Wildman–Crippen MR) is 70.8 cm³/mol. The van der Waals surface area contributed by atoms with Gasteiger partial charge >= 0.3 is 6.18 Å². The number of halogens is 4. The van der Waals surface area contributed by atoms with E-state index in [0.29, 0.717) is 6.54 Å². The van der Waals surface area contributed by atoms with E-state index in [1.54, 1.807) is 0 Å². The maximum atomic E-state index is 12.7. The predicted octanol–water partition coefficient (Wildman–Crippen LogP) is 2.72. The number of hydrogen-bond donors (Lipinski definition) is 1. The zero-order valence-corrected chi connectivity index (χ0v) is 11.8. The molecule has 0 aromatic carbocycles. The molecule has 0 fully saturated rings. The van der Waals surface area contributed by atoms with Crippen LogP contribution < -0.4 is 10.2 Å². The molecule has 0 unspecified atom stereocenters. The van der Waals surface area contributed by atoms with Gasteiger partial charge < -0.3 is 10.2 Å². The topological polar surface area (TPSA) is 45.2 Å². The number of alkyl halides is 3. The molecular formula is C12H15ClF3N3O. The normalized spacial score (nSPS) is 11.3. The van der Waals surface area contributed by atoms with E-state index in [9.17, 15) is 18.0 Å². The lowest BCUT2D eigenvalue weighted by atomic mass is 10.2. The third-order valence-electron chi connectivity index (χ3n) is 2.45. The Morgan fingerprint density at radius 3 is 2.65 bits per heavy atom. The van der Waals surface area contributed by atoms with Crippen LogP contribution in [-0.4, -0.2) is 31.0 Å². The molecule has 1 amide bonds. The lowest BCUT2D eigenvalue weighted by Gasteiger charge is -2.19. The van der Waals surface area contributed by atoms with Crippen LogP contribution in [0.5, 0.6) is 0 Å². The maximum absolute atomic E-state index is 12.7. The number of likely N-dealkylation sites (N-methyl/N-ethyl adjacent to an activating group) is 1. The van der Waals surface area contributed by atoms with Crippen molar-refractivity contribution in [1.29, 1.82) is 0 Å².